The highest BCUT2D eigenvalue weighted by molar-refractivity contribution is 7.89. The number of nitrogens with one attached hydrogen (secondary N) is 2. The van der Waals surface area contributed by atoms with Crippen molar-refractivity contribution in [3.63, 3.8) is 0 Å². The molecule has 1 aliphatic rings. The molecule has 8 heteroatoms. The molecule has 0 spiro atoms. The molecule has 2 heterocycles. The van der Waals surface area contributed by atoms with Crippen LogP contribution in [0.3, 0.4) is 0 Å². The third-order valence-electron chi connectivity index (χ3n) is 3.38. The number of hydrogen-bond donors (Lipinski definition) is 2. The van der Waals surface area contributed by atoms with Crippen molar-refractivity contribution in [2.45, 2.75) is 37.6 Å². The third kappa shape index (κ3) is 2.25. The van der Waals surface area contributed by atoms with Gasteiger partial charge in [0.05, 0.1) is 11.4 Å². The maximum absolute atomic E-state index is 12.7. The molecule has 1 atom stereocenters. The van der Waals surface area contributed by atoms with Crippen LogP contribution < -0.4 is 5.32 Å². The highest BCUT2D eigenvalue weighted by atomic mass is 32.2. The number of H-pyrrole nitrogens is 1. The number of hydrogen-bond acceptors (Lipinski definition) is 4. The predicted molar refractivity (Wildman–Crippen MR) is 69.0 cm³/mol. The van der Waals surface area contributed by atoms with E-state index in [4.69, 9.17) is 0 Å². The second-order valence-electron chi connectivity index (χ2n) is 4.65. The number of likely N-dealkylation sites (N-methyl/N-ethyl adjacent to an activating group) is 1. The number of carbonyl (C=O) groups excluding carboxylic acids is 1. The molecule has 1 aliphatic heterocycles. The van der Waals surface area contributed by atoms with E-state index in [1.165, 1.54) is 11.4 Å². The van der Waals surface area contributed by atoms with Gasteiger partial charge in [0, 0.05) is 13.6 Å². The average molecular weight is 286 g/mol. The van der Waals surface area contributed by atoms with Gasteiger partial charge in [0.15, 0.2) is 0 Å². The number of aromatic nitrogens is 2. The average Bonchev–Trinajstić information content (AvgIpc) is 2.95. The Bertz CT molecular complexity index is 574. The fourth-order valence-electron chi connectivity index (χ4n) is 2.49. The molecule has 1 aromatic heterocycles. The van der Waals surface area contributed by atoms with Crippen LogP contribution in [0.15, 0.2) is 4.90 Å². The summed E-state index contributed by atoms with van der Waals surface area (Å²) in [7, 11) is -2.17. The molecule has 2 rings (SSSR count). The van der Waals surface area contributed by atoms with Gasteiger partial charge in [-0.3, -0.25) is 9.89 Å². The molecule has 0 saturated carbocycles. The van der Waals surface area contributed by atoms with Crippen LogP contribution in [0.25, 0.3) is 0 Å². The van der Waals surface area contributed by atoms with Gasteiger partial charge in [0.1, 0.15) is 10.9 Å². The van der Waals surface area contributed by atoms with Crippen LogP contribution in [0.5, 0.6) is 0 Å². The van der Waals surface area contributed by atoms with Crippen molar-refractivity contribution >= 4 is 15.9 Å². The van der Waals surface area contributed by atoms with E-state index in [1.807, 2.05) is 0 Å². The van der Waals surface area contributed by atoms with E-state index in [0.717, 1.165) is 0 Å². The lowest BCUT2D eigenvalue weighted by Gasteiger charge is -2.22. The molecule has 1 saturated heterocycles. The minimum atomic E-state index is -3.68. The molecule has 0 radical (unpaired) electrons. The largest absolute Gasteiger partial charge is 0.358 e. The summed E-state index contributed by atoms with van der Waals surface area (Å²) in [4.78, 5) is 12.0. The molecule has 0 aromatic carbocycles. The van der Waals surface area contributed by atoms with E-state index in [2.05, 4.69) is 15.5 Å². The second-order valence-corrected chi connectivity index (χ2v) is 6.48. The van der Waals surface area contributed by atoms with E-state index in [-0.39, 0.29) is 10.8 Å². The Morgan fingerprint density at radius 3 is 2.68 bits per heavy atom. The molecule has 0 aliphatic carbocycles. The molecule has 1 amide bonds. The molecule has 106 valence electrons. The minimum absolute atomic E-state index is 0.184. The van der Waals surface area contributed by atoms with Crippen LogP contribution in [0.2, 0.25) is 0 Å². The molecule has 2 N–H and O–H groups in total. The number of aromatic amines is 1. The van der Waals surface area contributed by atoms with Gasteiger partial charge in [-0.2, -0.15) is 9.40 Å². The predicted octanol–water partition coefficient (Wildman–Crippen LogP) is -0.0744. The first-order chi connectivity index (χ1) is 8.89. The topological polar surface area (TPSA) is 95.2 Å². The van der Waals surface area contributed by atoms with Gasteiger partial charge in [-0.25, -0.2) is 8.42 Å². The highest BCUT2D eigenvalue weighted by Gasteiger charge is 2.40. The summed E-state index contributed by atoms with van der Waals surface area (Å²) in [6.45, 7) is 3.67. The Hall–Kier alpha value is -1.41. The van der Waals surface area contributed by atoms with Crippen molar-refractivity contribution in [3.05, 3.63) is 11.4 Å². The van der Waals surface area contributed by atoms with E-state index < -0.39 is 16.1 Å². The van der Waals surface area contributed by atoms with Crippen LogP contribution in [0.4, 0.5) is 0 Å². The summed E-state index contributed by atoms with van der Waals surface area (Å²) < 4.78 is 26.6. The molecule has 1 unspecified atom stereocenters. The fraction of sp³-hybridized carbons (Fsp3) is 0.636. The van der Waals surface area contributed by atoms with Gasteiger partial charge in [-0.1, -0.05) is 0 Å². The molecule has 0 bridgehead atoms. The minimum Gasteiger partial charge on any atom is -0.358 e. The van der Waals surface area contributed by atoms with E-state index >= 15 is 0 Å². The van der Waals surface area contributed by atoms with Crippen molar-refractivity contribution < 1.29 is 13.2 Å². The Morgan fingerprint density at radius 2 is 2.16 bits per heavy atom. The van der Waals surface area contributed by atoms with Gasteiger partial charge in [-0.05, 0) is 26.7 Å². The number of nitrogens with zero attached hydrogens (tertiary/aromatic N) is 2. The van der Waals surface area contributed by atoms with Gasteiger partial charge in [-0.15, -0.1) is 0 Å². The zero-order chi connectivity index (χ0) is 14.2. The summed E-state index contributed by atoms with van der Waals surface area (Å²) >= 11 is 0. The third-order valence-corrected chi connectivity index (χ3v) is 5.55. The first kappa shape index (κ1) is 14.0. The maximum Gasteiger partial charge on any atom is 0.247 e. The molecule has 7 nitrogen and oxygen atoms in total. The Morgan fingerprint density at radius 1 is 1.47 bits per heavy atom. The molecular formula is C11H18N4O3S. The fourth-order valence-corrected chi connectivity index (χ4v) is 4.49. The second kappa shape index (κ2) is 4.93. The van der Waals surface area contributed by atoms with Gasteiger partial charge < -0.3 is 5.32 Å². The van der Waals surface area contributed by atoms with Crippen molar-refractivity contribution in [3.8, 4) is 0 Å². The summed E-state index contributed by atoms with van der Waals surface area (Å²) in [5.74, 6) is -0.264. The number of carbonyl (C=O) groups is 1. The number of amides is 1. The molecular weight excluding hydrogens is 268 g/mol. The van der Waals surface area contributed by atoms with Crippen LogP contribution in [0, 0.1) is 13.8 Å². The van der Waals surface area contributed by atoms with Gasteiger partial charge in [0.25, 0.3) is 0 Å². The van der Waals surface area contributed by atoms with Crippen LogP contribution in [0.1, 0.15) is 24.2 Å². The zero-order valence-corrected chi connectivity index (χ0v) is 12.0. The van der Waals surface area contributed by atoms with Crippen LogP contribution in [-0.4, -0.2) is 48.5 Å². The Balaban J connectivity index is 2.43. The van der Waals surface area contributed by atoms with Crippen molar-refractivity contribution in [2.75, 3.05) is 13.6 Å². The number of sulfonamides is 1. The molecule has 1 fully saturated rings. The summed E-state index contributed by atoms with van der Waals surface area (Å²) in [6, 6.07) is -0.622. The summed E-state index contributed by atoms with van der Waals surface area (Å²) in [5, 5.41) is 9.10. The van der Waals surface area contributed by atoms with E-state index in [1.54, 1.807) is 13.8 Å². The van der Waals surface area contributed by atoms with Crippen molar-refractivity contribution in [2.24, 2.45) is 0 Å². The maximum atomic E-state index is 12.7. The van der Waals surface area contributed by atoms with Gasteiger partial charge >= 0.3 is 0 Å². The van der Waals surface area contributed by atoms with Gasteiger partial charge in [0.2, 0.25) is 15.9 Å². The highest BCUT2D eigenvalue weighted by Crippen LogP contribution is 2.28. The first-order valence-corrected chi connectivity index (χ1v) is 7.58. The summed E-state index contributed by atoms with van der Waals surface area (Å²) in [5.41, 5.74) is 0.931. The molecule has 1 aromatic rings. The van der Waals surface area contributed by atoms with E-state index in [9.17, 15) is 13.2 Å². The monoisotopic (exact) mass is 286 g/mol. The quantitative estimate of drug-likeness (QED) is 0.813. The van der Waals surface area contributed by atoms with Crippen LogP contribution in [-0.2, 0) is 14.8 Å². The normalized spacial score (nSPS) is 20.7. The lowest BCUT2D eigenvalue weighted by molar-refractivity contribution is -0.123. The Kier molecular flexibility index (Phi) is 3.64. The lowest BCUT2D eigenvalue weighted by atomic mass is 10.2. The summed E-state index contributed by atoms with van der Waals surface area (Å²) in [6.07, 6.45) is 1.24. The Labute approximate surface area is 112 Å². The number of aryl methyl sites for hydroxylation is 2. The molecule has 19 heavy (non-hydrogen) atoms. The van der Waals surface area contributed by atoms with Crippen molar-refractivity contribution in [1.29, 1.82) is 0 Å². The van der Waals surface area contributed by atoms with Crippen LogP contribution >= 0.6 is 0 Å². The standard InChI is InChI=1S/C11H18N4O3S/c1-7-10(8(2)14-13-7)19(17,18)15-6-4-5-9(15)11(16)12-3/h9H,4-6H2,1-3H3,(H,12,16)(H,13,14). The van der Waals surface area contributed by atoms with Crippen molar-refractivity contribution in [1.82, 2.24) is 19.8 Å². The SMILES string of the molecule is CNC(=O)C1CCCN1S(=O)(=O)c1c(C)n[nH]c1C. The smallest absolute Gasteiger partial charge is 0.247 e. The number of rotatable bonds is 3. The first-order valence-electron chi connectivity index (χ1n) is 6.14. The van der Waals surface area contributed by atoms with E-state index in [0.29, 0.717) is 30.8 Å². The zero-order valence-electron chi connectivity index (χ0n) is 11.2. The lowest BCUT2D eigenvalue weighted by Crippen LogP contribution is -2.45.